The fraction of sp³-hybridized carbons (Fsp3) is 0.120. The molecule has 0 bridgehead atoms. The van der Waals surface area contributed by atoms with Crippen molar-refractivity contribution in [2.75, 3.05) is 0 Å². The summed E-state index contributed by atoms with van der Waals surface area (Å²) in [7, 11) is 0. The summed E-state index contributed by atoms with van der Waals surface area (Å²) in [6.07, 6.45) is 7.21. The second-order valence-electron chi connectivity index (χ2n) is 6.42. The summed E-state index contributed by atoms with van der Waals surface area (Å²) < 4.78 is 0. The van der Waals surface area contributed by atoms with Crippen molar-refractivity contribution in [2.24, 2.45) is 9.98 Å². The third kappa shape index (κ3) is 4.48. The molecule has 0 saturated heterocycles. The average Bonchev–Trinajstić information content (AvgIpc) is 2.71. The standard InChI is InChI=1S/C25H24N2/c1-4-12-20(5-2)25-26-23(21-13-8-6-9-14-21)18-17-19(3)24(27-25)22-15-10-7-11-16-22/h4-16H,1-2,17-18H2,3H3/b20-12+,24-19+,26-23+,27-25-. The highest BCUT2D eigenvalue weighted by molar-refractivity contribution is 6.15. The molecule has 0 N–H and O–H groups in total. The molecule has 1 aliphatic rings. The van der Waals surface area contributed by atoms with Gasteiger partial charge in [0.25, 0.3) is 0 Å². The number of hydrogen-bond acceptors (Lipinski definition) is 2. The van der Waals surface area contributed by atoms with Gasteiger partial charge in [0, 0.05) is 11.1 Å². The Morgan fingerprint density at radius 3 is 2.07 bits per heavy atom. The highest BCUT2D eigenvalue weighted by Gasteiger charge is 2.15. The Hall–Kier alpha value is -3.26. The average molecular weight is 352 g/mol. The minimum atomic E-state index is 0.668. The molecular weight excluding hydrogens is 328 g/mol. The molecule has 1 aliphatic heterocycles. The predicted molar refractivity (Wildman–Crippen MR) is 117 cm³/mol. The van der Waals surface area contributed by atoms with Gasteiger partial charge in [-0.05, 0) is 30.9 Å². The lowest BCUT2D eigenvalue weighted by atomic mass is 9.98. The molecule has 0 aromatic heterocycles. The molecule has 2 nitrogen and oxygen atoms in total. The summed E-state index contributed by atoms with van der Waals surface area (Å²) in [4.78, 5) is 9.92. The second kappa shape index (κ2) is 8.91. The number of rotatable bonds is 5. The van der Waals surface area contributed by atoms with Gasteiger partial charge in [-0.2, -0.15) is 0 Å². The van der Waals surface area contributed by atoms with Gasteiger partial charge >= 0.3 is 0 Å². The van der Waals surface area contributed by atoms with E-state index in [0.29, 0.717) is 5.84 Å². The van der Waals surface area contributed by atoms with E-state index in [1.54, 1.807) is 12.2 Å². The lowest BCUT2D eigenvalue weighted by molar-refractivity contribution is 1.00. The SMILES string of the molecule is C=C/C=C(C=C)/C1=N/C(c2ccccc2)=C(\C)CC/C(c2ccccc2)=N\1. The maximum Gasteiger partial charge on any atom is 0.160 e. The monoisotopic (exact) mass is 352 g/mol. The van der Waals surface area contributed by atoms with Crippen molar-refractivity contribution < 1.29 is 0 Å². The minimum absolute atomic E-state index is 0.668. The topological polar surface area (TPSA) is 24.7 Å². The Labute approximate surface area is 161 Å². The summed E-state index contributed by atoms with van der Waals surface area (Å²) in [6, 6.07) is 20.6. The van der Waals surface area contributed by atoms with Crippen molar-refractivity contribution in [1.29, 1.82) is 0 Å². The summed E-state index contributed by atoms with van der Waals surface area (Å²) in [5.41, 5.74) is 6.37. The van der Waals surface area contributed by atoms with Crippen LogP contribution < -0.4 is 0 Å². The first-order chi connectivity index (χ1) is 13.2. The fourth-order valence-corrected chi connectivity index (χ4v) is 3.07. The van der Waals surface area contributed by atoms with E-state index < -0.39 is 0 Å². The van der Waals surface area contributed by atoms with Gasteiger partial charge in [-0.15, -0.1) is 0 Å². The first-order valence-electron chi connectivity index (χ1n) is 9.15. The van der Waals surface area contributed by atoms with Gasteiger partial charge in [0.2, 0.25) is 0 Å². The van der Waals surface area contributed by atoms with Gasteiger partial charge in [0.1, 0.15) is 0 Å². The molecule has 0 radical (unpaired) electrons. The smallest absolute Gasteiger partial charge is 0.160 e. The maximum absolute atomic E-state index is 4.97. The van der Waals surface area contributed by atoms with Gasteiger partial charge in [-0.25, -0.2) is 9.98 Å². The third-order valence-corrected chi connectivity index (χ3v) is 4.53. The van der Waals surface area contributed by atoms with Gasteiger partial charge in [0.15, 0.2) is 5.84 Å². The second-order valence-corrected chi connectivity index (χ2v) is 6.42. The zero-order valence-electron chi connectivity index (χ0n) is 15.7. The van der Waals surface area contributed by atoms with E-state index >= 15 is 0 Å². The van der Waals surface area contributed by atoms with Crippen molar-refractivity contribution in [1.82, 2.24) is 0 Å². The van der Waals surface area contributed by atoms with Crippen LogP contribution in [0.4, 0.5) is 0 Å². The quantitative estimate of drug-likeness (QED) is 0.556. The predicted octanol–water partition coefficient (Wildman–Crippen LogP) is 6.40. The molecule has 0 spiro atoms. The summed E-state index contributed by atoms with van der Waals surface area (Å²) in [5, 5.41) is 0. The van der Waals surface area contributed by atoms with E-state index in [-0.39, 0.29) is 0 Å². The molecular formula is C25H24N2. The number of benzene rings is 2. The lowest BCUT2D eigenvalue weighted by Gasteiger charge is -2.16. The highest BCUT2D eigenvalue weighted by atomic mass is 14.9. The van der Waals surface area contributed by atoms with Crippen LogP contribution in [0.2, 0.25) is 0 Å². The number of hydrogen-bond donors (Lipinski definition) is 0. The third-order valence-electron chi connectivity index (χ3n) is 4.53. The van der Waals surface area contributed by atoms with Crippen LogP contribution in [0, 0.1) is 0 Å². The Morgan fingerprint density at radius 2 is 1.48 bits per heavy atom. The fourth-order valence-electron chi connectivity index (χ4n) is 3.07. The van der Waals surface area contributed by atoms with E-state index in [1.165, 1.54) is 5.57 Å². The van der Waals surface area contributed by atoms with Crippen LogP contribution in [0.15, 0.2) is 113 Å². The van der Waals surface area contributed by atoms with Gasteiger partial charge in [0.05, 0.1) is 11.4 Å². The molecule has 2 heteroatoms. The van der Waals surface area contributed by atoms with Gasteiger partial charge in [-0.1, -0.05) is 92.0 Å². The number of nitrogens with zero attached hydrogens (tertiary/aromatic N) is 2. The van der Waals surface area contributed by atoms with Crippen LogP contribution >= 0.6 is 0 Å². The zero-order valence-corrected chi connectivity index (χ0v) is 15.7. The summed E-state index contributed by atoms with van der Waals surface area (Å²) >= 11 is 0. The lowest BCUT2D eigenvalue weighted by Crippen LogP contribution is -2.10. The molecule has 0 fully saturated rings. The Balaban J connectivity index is 2.18. The highest BCUT2D eigenvalue weighted by Crippen LogP contribution is 2.27. The number of amidine groups is 1. The van der Waals surface area contributed by atoms with Crippen molar-refractivity contribution in [3.05, 3.63) is 114 Å². The molecule has 0 unspecified atom stereocenters. The molecule has 2 aromatic rings. The van der Waals surface area contributed by atoms with E-state index in [1.807, 2.05) is 42.5 Å². The molecule has 1 heterocycles. The van der Waals surface area contributed by atoms with Crippen molar-refractivity contribution in [3.8, 4) is 0 Å². The summed E-state index contributed by atoms with van der Waals surface area (Å²) in [6.45, 7) is 9.91. The van der Waals surface area contributed by atoms with E-state index in [9.17, 15) is 0 Å². The van der Waals surface area contributed by atoms with E-state index in [2.05, 4.69) is 44.3 Å². The van der Waals surface area contributed by atoms with Gasteiger partial charge in [-0.3, -0.25) is 0 Å². The van der Waals surface area contributed by atoms with Crippen LogP contribution in [0.5, 0.6) is 0 Å². The molecule has 134 valence electrons. The van der Waals surface area contributed by atoms with Crippen LogP contribution in [-0.4, -0.2) is 11.5 Å². The van der Waals surface area contributed by atoms with Crippen molar-refractivity contribution >= 4 is 17.2 Å². The largest absolute Gasteiger partial charge is 0.232 e. The van der Waals surface area contributed by atoms with E-state index in [0.717, 1.165) is 41.0 Å². The molecule has 0 aliphatic carbocycles. The minimum Gasteiger partial charge on any atom is -0.232 e. The molecule has 0 atom stereocenters. The first kappa shape index (κ1) is 18.5. The maximum atomic E-state index is 4.97. The van der Waals surface area contributed by atoms with Gasteiger partial charge < -0.3 is 0 Å². The van der Waals surface area contributed by atoms with Crippen LogP contribution in [-0.2, 0) is 0 Å². The Kier molecular flexibility index (Phi) is 6.11. The van der Waals surface area contributed by atoms with Crippen LogP contribution in [0.25, 0.3) is 5.70 Å². The first-order valence-corrected chi connectivity index (χ1v) is 9.15. The number of allylic oxidation sites excluding steroid dienone is 3. The Bertz CT molecular complexity index is 942. The Morgan fingerprint density at radius 1 is 0.852 bits per heavy atom. The summed E-state index contributed by atoms with van der Waals surface area (Å²) in [5.74, 6) is 0.668. The molecule has 3 rings (SSSR count). The van der Waals surface area contributed by atoms with Crippen molar-refractivity contribution in [3.63, 3.8) is 0 Å². The molecule has 27 heavy (non-hydrogen) atoms. The molecule has 2 aromatic carbocycles. The van der Waals surface area contributed by atoms with E-state index in [4.69, 9.17) is 9.98 Å². The number of aliphatic imine (C=N–C) groups is 2. The molecule has 0 amide bonds. The van der Waals surface area contributed by atoms with Crippen LogP contribution in [0.1, 0.15) is 30.9 Å². The molecule has 0 saturated carbocycles. The van der Waals surface area contributed by atoms with Crippen LogP contribution in [0.3, 0.4) is 0 Å². The normalized spacial score (nSPS) is 21.9. The van der Waals surface area contributed by atoms with Crippen molar-refractivity contribution in [2.45, 2.75) is 19.8 Å². The zero-order chi connectivity index (χ0) is 19.1.